The highest BCUT2D eigenvalue weighted by Gasteiger charge is 2.30. The summed E-state index contributed by atoms with van der Waals surface area (Å²) in [5, 5.41) is 0. The fourth-order valence-corrected chi connectivity index (χ4v) is 3.95. The molecule has 1 saturated heterocycles. The summed E-state index contributed by atoms with van der Waals surface area (Å²) in [6.07, 6.45) is 1.70. The van der Waals surface area contributed by atoms with Crippen molar-refractivity contribution in [1.29, 1.82) is 0 Å². The quantitative estimate of drug-likeness (QED) is 0.765. The van der Waals surface area contributed by atoms with Crippen LogP contribution in [0.3, 0.4) is 0 Å². The first-order chi connectivity index (χ1) is 11.8. The molecule has 2 N–H and O–H groups in total. The number of amides is 1. The number of aryl methyl sites for hydroxylation is 1. The number of primary amides is 1. The number of likely N-dealkylation sites (tertiary alicyclic amines) is 1. The second-order valence-corrected chi connectivity index (χ2v) is 7.34. The van der Waals surface area contributed by atoms with Gasteiger partial charge in [0.2, 0.25) is 5.91 Å². The van der Waals surface area contributed by atoms with Crippen LogP contribution in [0.4, 0.5) is 0 Å². The molecule has 0 bridgehead atoms. The van der Waals surface area contributed by atoms with Crippen molar-refractivity contribution >= 4 is 11.7 Å². The maximum Gasteiger partial charge on any atom is 0.221 e. The molecule has 25 heavy (non-hydrogen) atoms. The van der Waals surface area contributed by atoms with Crippen LogP contribution < -0.4 is 5.73 Å². The van der Waals surface area contributed by atoms with Gasteiger partial charge in [-0.05, 0) is 46.6 Å². The van der Waals surface area contributed by atoms with Crippen LogP contribution in [0.1, 0.15) is 54.5 Å². The SMILES string of the molecule is COC[C@H](C)n1c(C)cc(C(=O)CN2C[C@H](C(N)=O)CC[C@H]2C)c1C. The average molecular weight is 349 g/mol. The summed E-state index contributed by atoms with van der Waals surface area (Å²) in [4.78, 5) is 26.5. The third kappa shape index (κ3) is 4.30. The van der Waals surface area contributed by atoms with Gasteiger partial charge in [-0.2, -0.15) is 0 Å². The van der Waals surface area contributed by atoms with Gasteiger partial charge in [0.1, 0.15) is 0 Å². The van der Waals surface area contributed by atoms with Crippen molar-refractivity contribution in [2.45, 2.75) is 52.6 Å². The Balaban J connectivity index is 2.15. The van der Waals surface area contributed by atoms with E-state index in [1.807, 2.05) is 19.9 Å². The predicted octanol–water partition coefficient (Wildman–Crippen LogP) is 2.08. The summed E-state index contributed by atoms with van der Waals surface area (Å²) >= 11 is 0. The van der Waals surface area contributed by atoms with Crippen molar-refractivity contribution in [3.8, 4) is 0 Å². The highest BCUT2D eigenvalue weighted by Crippen LogP contribution is 2.24. The van der Waals surface area contributed by atoms with E-state index in [9.17, 15) is 9.59 Å². The zero-order chi connectivity index (χ0) is 18.7. The Morgan fingerprint density at radius 3 is 2.64 bits per heavy atom. The summed E-state index contributed by atoms with van der Waals surface area (Å²) in [5.41, 5.74) is 8.26. The lowest BCUT2D eigenvalue weighted by molar-refractivity contribution is -0.123. The number of carbonyl (C=O) groups is 2. The molecule has 1 amide bonds. The topological polar surface area (TPSA) is 77.6 Å². The number of hydrogen-bond donors (Lipinski definition) is 1. The van der Waals surface area contributed by atoms with E-state index in [2.05, 4.69) is 23.3 Å². The van der Waals surface area contributed by atoms with Gasteiger partial charge in [-0.3, -0.25) is 14.5 Å². The molecule has 0 spiro atoms. The standard InChI is InChI=1S/C19H31N3O3/c1-12-6-7-16(19(20)24)9-21(12)10-18(23)17-8-13(2)22(15(17)4)14(3)11-25-5/h8,12,14,16H,6-7,9-11H2,1-5H3,(H2,20,24)/t12-,14+,16-/m1/s1. The van der Waals surface area contributed by atoms with Crippen molar-refractivity contribution in [3.63, 3.8) is 0 Å². The van der Waals surface area contributed by atoms with Crippen molar-refractivity contribution in [2.24, 2.45) is 11.7 Å². The molecule has 1 aliphatic heterocycles. The predicted molar refractivity (Wildman–Crippen MR) is 97.8 cm³/mol. The third-order valence-electron chi connectivity index (χ3n) is 5.39. The number of ether oxygens (including phenoxy) is 1. The lowest BCUT2D eigenvalue weighted by Gasteiger charge is -2.36. The molecule has 3 atom stereocenters. The molecule has 1 aromatic rings. The molecule has 1 fully saturated rings. The van der Waals surface area contributed by atoms with Crippen LogP contribution in [-0.4, -0.2) is 54.0 Å². The number of piperidine rings is 1. The molecule has 2 rings (SSSR count). The Kier molecular flexibility index (Phi) is 6.41. The van der Waals surface area contributed by atoms with Crippen molar-refractivity contribution in [2.75, 3.05) is 26.8 Å². The van der Waals surface area contributed by atoms with E-state index in [-0.39, 0.29) is 29.7 Å². The Morgan fingerprint density at radius 1 is 1.36 bits per heavy atom. The van der Waals surface area contributed by atoms with Crippen molar-refractivity contribution < 1.29 is 14.3 Å². The largest absolute Gasteiger partial charge is 0.383 e. The number of ketones is 1. The van der Waals surface area contributed by atoms with E-state index >= 15 is 0 Å². The Morgan fingerprint density at radius 2 is 2.04 bits per heavy atom. The number of hydrogen-bond acceptors (Lipinski definition) is 4. The number of methoxy groups -OCH3 is 1. The molecule has 2 heterocycles. The van der Waals surface area contributed by atoms with Gasteiger partial charge in [-0.25, -0.2) is 0 Å². The lowest BCUT2D eigenvalue weighted by Crippen LogP contribution is -2.47. The van der Waals surface area contributed by atoms with Gasteiger partial charge in [0.05, 0.1) is 25.1 Å². The fourth-order valence-electron chi connectivity index (χ4n) is 3.95. The maximum absolute atomic E-state index is 12.9. The van der Waals surface area contributed by atoms with Crippen LogP contribution in [-0.2, 0) is 9.53 Å². The number of nitrogens with zero attached hydrogens (tertiary/aromatic N) is 2. The molecule has 0 aliphatic carbocycles. The smallest absolute Gasteiger partial charge is 0.221 e. The van der Waals surface area contributed by atoms with Crippen LogP contribution in [0.15, 0.2) is 6.07 Å². The second-order valence-electron chi connectivity index (χ2n) is 7.34. The minimum atomic E-state index is -0.268. The molecule has 140 valence electrons. The van der Waals surface area contributed by atoms with Crippen LogP contribution in [0, 0.1) is 19.8 Å². The van der Waals surface area contributed by atoms with Crippen LogP contribution in [0.5, 0.6) is 0 Å². The van der Waals surface area contributed by atoms with E-state index in [1.54, 1.807) is 7.11 Å². The Labute approximate surface area is 150 Å². The monoisotopic (exact) mass is 349 g/mol. The van der Waals surface area contributed by atoms with Gasteiger partial charge in [-0.15, -0.1) is 0 Å². The molecule has 0 aromatic carbocycles. The van der Waals surface area contributed by atoms with E-state index in [1.165, 1.54) is 0 Å². The highest BCUT2D eigenvalue weighted by molar-refractivity contribution is 5.99. The summed E-state index contributed by atoms with van der Waals surface area (Å²) in [6.45, 7) is 9.69. The number of Topliss-reactive ketones (excluding diaryl/α,β-unsaturated/α-hetero) is 1. The van der Waals surface area contributed by atoms with E-state index in [0.29, 0.717) is 19.7 Å². The summed E-state index contributed by atoms with van der Waals surface area (Å²) in [6, 6.07) is 2.43. The van der Waals surface area contributed by atoms with Crippen molar-refractivity contribution in [3.05, 3.63) is 23.0 Å². The van der Waals surface area contributed by atoms with Gasteiger partial charge < -0.3 is 15.0 Å². The minimum Gasteiger partial charge on any atom is -0.383 e. The van der Waals surface area contributed by atoms with E-state index < -0.39 is 0 Å². The molecule has 0 radical (unpaired) electrons. The number of rotatable bonds is 7. The number of nitrogens with two attached hydrogens (primary N) is 1. The second kappa shape index (κ2) is 8.15. The number of aromatic nitrogens is 1. The molecular weight excluding hydrogens is 318 g/mol. The normalized spacial score (nSPS) is 22.8. The highest BCUT2D eigenvalue weighted by atomic mass is 16.5. The summed E-state index contributed by atoms with van der Waals surface area (Å²) in [7, 11) is 1.68. The molecule has 6 heteroatoms. The minimum absolute atomic E-state index is 0.0981. The summed E-state index contributed by atoms with van der Waals surface area (Å²) < 4.78 is 7.41. The fraction of sp³-hybridized carbons (Fsp3) is 0.684. The molecular formula is C19H31N3O3. The lowest BCUT2D eigenvalue weighted by atomic mass is 9.92. The van der Waals surface area contributed by atoms with Gasteiger partial charge in [-0.1, -0.05) is 0 Å². The van der Waals surface area contributed by atoms with Gasteiger partial charge in [0.15, 0.2) is 5.78 Å². The first-order valence-electron chi connectivity index (χ1n) is 9.00. The van der Waals surface area contributed by atoms with Gasteiger partial charge in [0.25, 0.3) is 0 Å². The Bertz CT molecular complexity index is 638. The van der Waals surface area contributed by atoms with Crippen LogP contribution >= 0.6 is 0 Å². The zero-order valence-corrected chi connectivity index (χ0v) is 16.0. The van der Waals surface area contributed by atoms with Gasteiger partial charge >= 0.3 is 0 Å². The molecule has 0 unspecified atom stereocenters. The van der Waals surface area contributed by atoms with Crippen LogP contribution in [0.25, 0.3) is 0 Å². The third-order valence-corrected chi connectivity index (χ3v) is 5.39. The molecule has 1 aromatic heterocycles. The summed E-state index contributed by atoms with van der Waals surface area (Å²) in [5.74, 6) is -0.324. The Hall–Kier alpha value is -1.66. The average Bonchev–Trinajstić information content (AvgIpc) is 2.84. The zero-order valence-electron chi connectivity index (χ0n) is 16.0. The maximum atomic E-state index is 12.9. The molecule has 6 nitrogen and oxygen atoms in total. The van der Waals surface area contributed by atoms with Gasteiger partial charge in [0, 0.05) is 36.6 Å². The van der Waals surface area contributed by atoms with E-state index in [4.69, 9.17) is 10.5 Å². The van der Waals surface area contributed by atoms with Crippen LogP contribution in [0.2, 0.25) is 0 Å². The molecule has 1 aliphatic rings. The van der Waals surface area contributed by atoms with Crippen molar-refractivity contribution in [1.82, 2.24) is 9.47 Å². The first-order valence-corrected chi connectivity index (χ1v) is 9.00. The number of carbonyl (C=O) groups excluding carboxylic acids is 2. The first kappa shape index (κ1) is 19.7. The molecule has 0 saturated carbocycles. The van der Waals surface area contributed by atoms with E-state index in [0.717, 1.165) is 29.8 Å².